The Labute approximate surface area is 89.0 Å². The quantitative estimate of drug-likeness (QED) is 0.588. The second-order valence-corrected chi connectivity index (χ2v) is 4.41. The van der Waals surface area contributed by atoms with Crippen molar-refractivity contribution in [2.45, 2.75) is 19.3 Å². The monoisotopic (exact) mass is 211 g/mol. The SMILES string of the molecule is NCC(=O)N1CCCC2(CCNC2=O)C1. The maximum atomic E-state index is 11.7. The Morgan fingerprint density at radius 1 is 1.53 bits per heavy atom. The second-order valence-electron chi connectivity index (χ2n) is 4.41. The van der Waals surface area contributed by atoms with E-state index in [1.807, 2.05) is 0 Å². The molecule has 2 rings (SSSR count). The zero-order valence-electron chi connectivity index (χ0n) is 8.79. The number of carbonyl (C=O) groups excluding carboxylic acids is 2. The first-order valence-corrected chi connectivity index (χ1v) is 5.44. The Kier molecular flexibility index (Phi) is 2.65. The summed E-state index contributed by atoms with van der Waals surface area (Å²) < 4.78 is 0. The minimum absolute atomic E-state index is 0.0394. The van der Waals surface area contributed by atoms with E-state index >= 15 is 0 Å². The van der Waals surface area contributed by atoms with E-state index in [4.69, 9.17) is 5.73 Å². The van der Waals surface area contributed by atoms with Crippen LogP contribution in [-0.4, -0.2) is 42.9 Å². The molecule has 0 radical (unpaired) electrons. The number of likely N-dealkylation sites (tertiary alicyclic amines) is 1. The third kappa shape index (κ3) is 1.71. The largest absolute Gasteiger partial charge is 0.356 e. The van der Waals surface area contributed by atoms with E-state index in [-0.39, 0.29) is 23.8 Å². The number of carbonyl (C=O) groups is 2. The molecule has 2 heterocycles. The highest BCUT2D eigenvalue weighted by atomic mass is 16.2. The number of nitrogens with one attached hydrogen (secondary N) is 1. The minimum Gasteiger partial charge on any atom is -0.356 e. The van der Waals surface area contributed by atoms with Gasteiger partial charge in [0.25, 0.3) is 0 Å². The van der Waals surface area contributed by atoms with Gasteiger partial charge in [-0.1, -0.05) is 0 Å². The summed E-state index contributed by atoms with van der Waals surface area (Å²) in [5, 5.41) is 2.85. The van der Waals surface area contributed by atoms with Gasteiger partial charge in [0.15, 0.2) is 0 Å². The van der Waals surface area contributed by atoms with Gasteiger partial charge >= 0.3 is 0 Å². The van der Waals surface area contributed by atoms with Gasteiger partial charge < -0.3 is 16.0 Å². The standard InChI is InChI=1S/C10H17N3O2/c11-6-8(14)13-5-1-2-10(7-13)3-4-12-9(10)15/h1-7,11H2,(H,12,15). The number of rotatable bonds is 1. The molecule has 0 aromatic rings. The van der Waals surface area contributed by atoms with Gasteiger partial charge in [-0.05, 0) is 19.3 Å². The number of nitrogens with two attached hydrogens (primary N) is 1. The van der Waals surface area contributed by atoms with Crippen LogP contribution in [0.25, 0.3) is 0 Å². The van der Waals surface area contributed by atoms with Crippen molar-refractivity contribution in [3.8, 4) is 0 Å². The fourth-order valence-corrected chi connectivity index (χ4v) is 2.58. The Bertz CT molecular complexity index is 292. The van der Waals surface area contributed by atoms with Gasteiger partial charge in [0.2, 0.25) is 11.8 Å². The lowest BCUT2D eigenvalue weighted by Gasteiger charge is -2.38. The molecule has 5 nitrogen and oxygen atoms in total. The lowest BCUT2D eigenvalue weighted by atomic mass is 9.78. The molecule has 1 atom stereocenters. The number of hydrogen-bond donors (Lipinski definition) is 2. The van der Waals surface area contributed by atoms with Crippen molar-refractivity contribution < 1.29 is 9.59 Å². The molecule has 2 saturated heterocycles. The average molecular weight is 211 g/mol. The Morgan fingerprint density at radius 2 is 2.33 bits per heavy atom. The fourth-order valence-electron chi connectivity index (χ4n) is 2.58. The molecule has 2 aliphatic rings. The van der Waals surface area contributed by atoms with Gasteiger partial charge in [0.1, 0.15) is 0 Å². The summed E-state index contributed by atoms with van der Waals surface area (Å²) in [5.41, 5.74) is 5.02. The molecule has 15 heavy (non-hydrogen) atoms. The summed E-state index contributed by atoms with van der Waals surface area (Å²) in [6.45, 7) is 2.07. The van der Waals surface area contributed by atoms with Crippen molar-refractivity contribution in [2.75, 3.05) is 26.2 Å². The van der Waals surface area contributed by atoms with Crippen molar-refractivity contribution in [3.63, 3.8) is 0 Å². The van der Waals surface area contributed by atoms with Gasteiger partial charge in [-0.3, -0.25) is 9.59 Å². The van der Waals surface area contributed by atoms with Gasteiger partial charge in [-0.15, -0.1) is 0 Å². The number of nitrogens with zero attached hydrogens (tertiary/aromatic N) is 1. The van der Waals surface area contributed by atoms with Crippen LogP contribution >= 0.6 is 0 Å². The number of amides is 2. The third-order valence-electron chi connectivity index (χ3n) is 3.47. The molecule has 0 bridgehead atoms. The molecule has 0 aliphatic carbocycles. The molecule has 2 aliphatic heterocycles. The van der Waals surface area contributed by atoms with E-state index in [9.17, 15) is 9.59 Å². The predicted molar refractivity (Wildman–Crippen MR) is 54.9 cm³/mol. The Hall–Kier alpha value is -1.10. The Morgan fingerprint density at radius 3 is 2.93 bits per heavy atom. The molecule has 2 amide bonds. The van der Waals surface area contributed by atoms with Crippen molar-refractivity contribution in [2.24, 2.45) is 11.1 Å². The van der Waals surface area contributed by atoms with Crippen LogP contribution in [0.3, 0.4) is 0 Å². The molecular formula is C10H17N3O2. The number of hydrogen-bond acceptors (Lipinski definition) is 3. The normalized spacial score (nSPS) is 30.7. The van der Waals surface area contributed by atoms with Crippen LogP contribution in [0.2, 0.25) is 0 Å². The van der Waals surface area contributed by atoms with E-state index in [1.54, 1.807) is 4.90 Å². The zero-order chi connectivity index (χ0) is 10.9. The van der Waals surface area contributed by atoms with Crippen LogP contribution in [-0.2, 0) is 9.59 Å². The van der Waals surface area contributed by atoms with Gasteiger partial charge in [0.05, 0.1) is 12.0 Å². The average Bonchev–Trinajstić information content (AvgIpc) is 2.59. The lowest BCUT2D eigenvalue weighted by Crippen LogP contribution is -2.50. The topological polar surface area (TPSA) is 75.4 Å². The molecular weight excluding hydrogens is 194 g/mol. The second kappa shape index (κ2) is 3.81. The van der Waals surface area contributed by atoms with Crippen LogP contribution in [0.4, 0.5) is 0 Å². The van der Waals surface area contributed by atoms with Crippen molar-refractivity contribution >= 4 is 11.8 Å². The highest BCUT2D eigenvalue weighted by molar-refractivity contribution is 5.86. The maximum Gasteiger partial charge on any atom is 0.236 e. The summed E-state index contributed by atoms with van der Waals surface area (Å²) in [6.07, 6.45) is 2.65. The minimum atomic E-state index is -0.316. The molecule has 1 spiro atoms. The molecule has 3 N–H and O–H groups in total. The zero-order valence-corrected chi connectivity index (χ0v) is 8.79. The summed E-state index contributed by atoms with van der Waals surface area (Å²) in [4.78, 5) is 24.9. The van der Waals surface area contributed by atoms with Crippen molar-refractivity contribution in [1.29, 1.82) is 0 Å². The molecule has 84 valence electrons. The van der Waals surface area contributed by atoms with E-state index in [0.29, 0.717) is 6.54 Å². The van der Waals surface area contributed by atoms with E-state index in [2.05, 4.69) is 5.32 Å². The van der Waals surface area contributed by atoms with Crippen molar-refractivity contribution in [3.05, 3.63) is 0 Å². The van der Waals surface area contributed by atoms with Gasteiger partial charge in [-0.2, -0.15) is 0 Å². The van der Waals surface area contributed by atoms with E-state index in [1.165, 1.54) is 0 Å². The molecule has 0 saturated carbocycles. The molecule has 1 unspecified atom stereocenters. The van der Waals surface area contributed by atoms with E-state index < -0.39 is 0 Å². The van der Waals surface area contributed by atoms with Crippen LogP contribution < -0.4 is 11.1 Å². The summed E-state index contributed by atoms with van der Waals surface area (Å²) in [6, 6.07) is 0. The fraction of sp³-hybridized carbons (Fsp3) is 0.800. The first kappa shape index (κ1) is 10.4. The molecule has 5 heteroatoms. The van der Waals surface area contributed by atoms with Crippen LogP contribution in [0.5, 0.6) is 0 Å². The molecule has 0 aromatic heterocycles. The maximum absolute atomic E-state index is 11.7. The highest BCUT2D eigenvalue weighted by Crippen LogP contribution is 2.36. The smallest absolute Gasteiger partial charge is 0.236 e. The molecule has 2 fully saturated rings. The molecule has 0 aromatic carbocycles. The first-order valence-electron chi connectivity index (χ1n) is 5.44. The van der Waals surface area contributed by atoms with Crippen LogP contribution in [0.1, 0.15) is 19.3 Å². The Balaban J connectivity index is 2.09. The third-order valence-corrected chi connectivity index (χ3v) is 3.47. The van der Waals surface area contributed by atoms with Crippen LogP contribution in [0.15, 0.2) is 0 Å². The van der Waals surface area contributed by atoms with E-state index in [0.717, 1.165) is 32.4 Å². The first-order chi connectivity index (χ1) is 7.18. The summed E-state index contributed by atoms with van der Waals surface area (Å²) in [7, 11) is 0. The summed E-state index contributed by atoms with van der Waals surface area (Å²) in [5.74, 6) is 0.0609. The number of piperidine rings is 1. The lowest BCUT2D eigenvalue weighted by molar-refractivity contribution is -0.138. The predicted octanol–water partition coefficient (Wildman–Crippen LogP) is -0.926. The van der Waals surface area contributed by atoms with Crippen molar-refractivity contribution in [1.82, 2.24) is 10.2 Å². The van der Waals surface area contributed by atoms with Crippen LogP contribution in [0, 0.1) is 5.41 Å². The summed E-state index contributed by atoms with van der Waals surface area (Å²) >= 11 is 0. The highest BCUT2D eigenvalue weighted by Gasteiger charge is 2.45. The van der Waals surface area contributed by atoms with Gasteiger partial charge in [0, 0.05) is 19.6 Å². The van der Waals surface area contributed by atoms with Gasteiger partial charge in [-0.25, -0.2) is 0 Å².